The van der Waals surface area contributed by atoms with Crippen molar-refractivity contribution in [3.8, 4) is 11.3 Å². The van der Waals surface area contributed by atoms with E-state index >= 15 is 0 Å². The molecule has 1 fully saturated rings. The van der Waals surface area contributed by atoms with Crippen molar-refractivity contribution >= 4 is 30.1 Å². The Morgan fingerprint density at radius 2 is 1.81 bits per heavy atom. The first-order valence-electron chi connectivity index (χ1n) is 8.96. The molecule has 1 N–H and O–H groups in total. The van der Waals surface area contributed by atoms with Crippen LogP contribution in [-0.4, -0.2) is 39.2 Å². The van der Waals surface area contributed by atoms with Gasteiger partial charge in [0.15, 0.2) is 5.12 Å². The lowest BCUT2D eigenvalue weighted by Gasteiger charge is -2.32. The standard InChI is InChI=1S/C20H25BN2O3S/c1-14(24)27-12-17(21-25-19(2,3)20(4,5)26-21)10-15-6-8-16(9-7-15)18-11-22-13-23-18/h6-11,13H,12H2,1-5H3,(H,22,23). The van der Waals surface area contributed by atoms with Crippen molar-refractivity contribution in [1.29, 1.82) is 0 Å². The fourth-order valence-corrected chi connectivity index (χ4v) is 3.33. The van der Waals surface area contributed by atoms with Gasteiger partial charge < -0.3 is 14.3 Å². The number of carbonyl (C=O) groups excluding carboxylic acids is 1. The summed E-state index contributed by atoms with van der Waals surface area (Å²) in [6, 6.07) is 8.17. The molecule has 0 saturated carbocycles. The molecule has 2 aromatic rings. The molecule has 27 heavy (non-hydrogen) atoms. The maximum atomic E-state index is 11.5. The van der Waals surface area contributed by atoms with Crippen molar-refractivity contribution in [2.24, 2.45) is 0 Å². The third-order valence-corrected chi connectivity index (χ3v) is 5.95. The van der Waals surface area contributed by atoms with Crippen LogP contribution in [0.15, 0.2) is 42.3 Å². The summed E-state index contributed by atoms with van der Waals surface area (Å²) in [6.45, 7) is 9.69. The van der Waals surface area contributed by atoms with E-state index in [-0.39, 0.29) is 5.12 Å². The van der Waals surface area contributed by atoms with Gasteiger partial charge in [-0.2, -0.15) is 0 Å². The zero-order valence-corrected chi connectivity index (χ0v) is 17.2. The molecule has 142 valence electrons. The number of hydrogen-bond acceptors (Lipinski definition) is 5. The average molecular weight is 384 g/mol. The number of aromatic nitrogens is 2. The number of benzene rings is 1. The maximum absolute atomic E-state index is 11.5. The monoisotopic (exact) mass is 384 g/mol. The Morgan fingerprint density at radius 3 is 2.33 bits per heavy atom. The lowest BCUT2D eigenvalue weighted by atomic mass is 9.78. The van der Waals surface area contributed by atoms with Crippen LogP contribution in [0, 0.1) is 0 Å². The van der Waals surface area contributed by atoms with E-state index in [1.165, 1.54) is 11.8 Å². The van der Waals surface area contributed by atoms with E-state index in [4.69, 9.17) is 9.31 Å². The molecule has 2 heterocycles. The van der Waals surface area contributed by atoms with E-state index in [1.54, 1.807) is 19.4 Å². The second-order valence-electron chi connectivity index (χ2n) is 7.68. The van der Waals surface area contributed by atoms with Crippen LogP contribution < -0.4 is 0 Å². The third-order valence-electron chi connectivity index (χ3n) is 5.07. The van der Waals surface area contributed by atoms with Crippen molar-refractivity contribution < 1.29 is 14.1 Å². The molecule has 0 aliphatic carbocycles. The molecule has 0 unspecified atom stereocenters. The van der Waals surface area contributed by atoms with Crippen molar-refractivity contribution in [3.63, 3.8) is 0 Å². The van der Waals surface area contributed by atoms with E-state index < -0.39 is 18.3 Å². The van der Waals surface area contributed by atoms with Crippen LogP contribution in [0.25, 0.3) is 17.3 Å². The second kappa shape index (κ2) is 7.66. The molecule has 7 heteroatoms. The molecule has 5 nitrogen and oxygen atoms in total. The van der Waals surface area contributed by atoms with E-state index in [0.29, 0.717) is 5.75 Å². The topological polar surface area (TPSA) is 64.2 Å². The fraction of sp³-hybridized carbons (Fsp3) is 0.400. The highest BCUT2D eigenvalue weighted by molar-refractivity contribution is 8.13. The number of nitrogens with one attached hydrogen (secondary N) is 1. The number of imidazole rings is 1. The molecular formula is C20H25BN2O3S. The maximum Gasteiger partial charge on any atom is 0.491 e. The van der Waals surface area contributed by atoms with Crippen LogP contribution in [0.2, 0.25) is 0 Å². The molecule has 1 aromatic carbocycles. The highest BCUT2D eigenvalue weighted by Crippen LogP contribution is 2.39. The summed E-state index contributed by atoms with van der Waals surface area (Å²) in [6.07, 6.45) is 5.51. The summed E-state index contributed by atoms with van der Waals surface area (Å²) in [5.74, 6) is 0.536. The molecule has 1 aliphatic heterocycles. The predicted octanol–water partition coefficient (Wildman–Crippen LogP) is 4.37. The first kappa shape index (κ1) is 19.9. The molecule has 0 radical (unpaired) electrons. The molecular weight excluding hydrogens is 359 g/mol. The van der Waals surface area contributed by atoms with Crippen molar-refractivity contribution in [2.45, 2.75) is 45.8 Å². The zero-order valence-electron chi connectivity index (χ0n) is 16.4. The summed E-state index contributed by atoms with van der Waals surface area (Å²) in [7, 11) is -0.464. The number of H-pyrrole nitrogens is 1. The van der Waals surface area contributed by atoms with Gasteiger partial charge in [0.25, 0.3) is 0 Å². The number of carbonyl (C=O) groups is 1. The van der Waals surface area contributed by atoms with Crippen LogP contribution in [0.3, 0.4) is 0 Å². The first-order valence-corrected chi connectivity index (χ1v) is 9.95. The predicted molar refractivity (Wildman–Crippen MR) is 111 cm³/mol. The molecule has 3 rings (SSSR count). The molecule has 1 aromatic heterocycles. The highest BCUT2D eigenvalue weighted by Gasteiger charge is 2.52. The Balaban J connectivity index is 1.85. The van der Waals surface area contributed by atoms with Gasteiger partial charge in [-0.15, -0.1) is 0 Å². The number of aromatic amines is 1. The lowest BCUT2D eigenvalue weighted by Crippen LogP contribution is -2.41. The van der Waals surface area contributed by atoms with Crippen LogP contribution >= 0.6 is 11.8 Å². The summed E-state index contributed by atoms with van der Waals surface area (Å²) < 4.78 is 12.4. The number of thioether (sulfide) groups is 1. The summed E-state index contributed by atoms with van der Waals surface area (Å²) in [5.41, 5.74) is 3.20. The van der Waals surface area contributed by atoms with Crippen LogP contribution in [0.1, 0.15) is 40.2 Å². The summed E-state index contributed by atoms with van der Waals surface area (Å²) in [5, 5.41) is 0.0759. The van der Waals surface area contributed by atoms with Gasteiger partial charge >= 0.3 is 7.12 Å². The molecule has 0 amide bonds. The average Bonchev–Trinajstić information content (AvgIpc) is 3.18. The summed E-state index contributed by atoms with van der Waals surface area (Å²) in [4.78, 5) is 18.6. The van der Waals surface area contributed by atoms with Crippen LogP contribution in [0.4, 0.5) is 0 Å². The number of rotatable bonds is 5. The summed E-state index contributed by atoms with van der Waals surface area (Å²) >= 11 is 1.27. The smallest absolute Gasteiger partial charge is 0.400 e. The van der Waals surface area contributed by atoms with Gasteiger partial charge in [0.2, 0.25) is 0 Å². The van der Waals surface area contributed by atoms with Gasteiger partial charge in [-0.05, 0) is 44.3 Å². The number of nitrogens with zero attached hydrogens (tertiary/aromatic N) is 1. The van der Waals surface area contributed by atoms with Gasteiger partial charge in [0.05, 0.1) is 29.4 Å². The first-order chi connectivity index (χ1) is 12.7. The van der Waals surface area contributed by atoms with E-state index in [1.807, 2.05) is 52.0 Å². The van der Waals surface area contributed by atoms with Gasteiger partial charge in [-0.25, -0.2) is 4.98 Å². The Kier molecular flexibility index (Phi) is 5.65. The van der Waals surface area contributed by atoms with Gasteiger partial charge in [0, 0.05) is 12.7 Å². The molecule has 1 saturated heterocycles. The van der Waals surface area contributed by atoms with Gasteiger partial charge in [-0.3, -0.25) is 4.79 Å². The molecule has 0 atom stereocenters. The minimum absolute atomic E-state index is 0.0759. The molecule has 1 aliphatic rings. The largest absolute Gasteiger partial charge is 0.491 e. The van der Waals surface area contributed by atoms with Crippen molar-refractivity contribution in [1.82, 2.24) is 9.97 Å². The van der Waals surface area contributed by atoms with Crippen LogP contribution in [0.5, 0.6) is 0 Å². The van der Waals surface area contributed by atoms with Crippen molar-refractivity contribution in [2.75, 3.05) is 5.75 Å². The number of hydrogen-bond donors (Lipinski definition) is 1. The molecule has 0 spiro atoms. The minimum Gasteiger partial charge on any atom is -0.400 e. The quantitative estimate of drug-likeness (QED) is 0.776. The lowest BCUT2D eigenvalue weighted by molar-refractivity contribution is -0.109. The van der Waals surface area contributed by atoms with E-state index in [0.717, 1.165) is 22.3 Å². The van der Waals surface area contributed by atoms with E-state index in [9.17, 15) is 4.79 Å². The molecule has 0 bridgehead atoms. The highest BCUT2D eigenvalue weighted by atomic mass is 32.2. The van der Waals surface area contributed by atoms with Crippen LogP contribution in [-0.2, 0) is 14.1 Å². The second-order valence-corrected chi connectivity index (χ2v) is 8.83. The van der Waals surface area contributed by atoms with Gasteiger partial charge in [-0.1, -0.05) is 42.1 Å². The fourth-order valence-electron chi connectivity index (χ4n) is 2.74. The minimum atomic E-state index is -0.464. The third kappa shape index (κ3) is 4.54. The SMILES string of the molecule is CC(=O)SCC(=Cc1ccc(-c2cnc[nH]2)cc1)B1OC(C)(C)C(C)(C)O1. The van der Waals surface area contributed by atoms with Crippen molar-refractivity contribution in [3.05, 3.63) is 47.8 Å². The Labute approximate surface area is 165 Å². The van der Waals surface area contributed by atoms with Gasteiger partial charge in [0.1, 0.15) is 0 Å². The Morgan fingerprint density at radius 1 is 1.19 bits per heavy atom. The zero-order chi connectivity index (χ0) is 19.7. The Bertz CT molecular complexity index is 813. The normalized spacial score (nSPS) is 18.7. The Hall–Kier alpha value is -1.83. The van der Waals surface area contributed by atoms with E-state index in [2.05, 4.69) is 16.0 Å².